The number of rotatable bonds is 6. The summed E-state index contributed by atoms with van der Waals surface area (Å²) in [6.07, 6.45) is 0.414. The molecule has 0 aliphatic heterocycles. The predicted octanol–water partition coefficient (Wildman–Crippen LogP) is 7.37. The number of pyridine rings is 1. The highest BCUT2D eigenvalue weighted by Crippen LogP contribution is 2.36. The molecular formula is C25H23ClN2O3S2. The molecule has 0 spiro atoms. The molecule has 3 heterocycles. The zero-order valence-corrected chi connectivity index (χ0v) is 21.1. The molecule has 8 heteroatoms. The summed E-state index contributed by atoms with van der Waals surface area (Å²) in [5.41, 5.74) is 3.19. The van der Waals surface area contributed by atoms with Crippen LogP contribution in [0.5, 0.6) is 0 Å². The fraction of sp³-hybridized carbons (Fsp3) is 0.240. The van der Waals surface area contributed by atoms with Gasteiger partial charge >= 0.3 is 5.97 Å². The number of halogens is 1. The maximum absolute atomic E-state index is 13.5. The maximum atomic E-state index is 13.5. The fourth-order valence-electron chi connectivity index (χ4n) is 3.69. The largest absolute Gasteiger partial charge is 0.459 e. The minimum absolute atomic E-state index is 0.254. The number of fused-ring (bicyclic) bond motifs is 1. The molecule has 0 bridgehead atoms. The molecule has 0 saturated carbocycles. The number of carbonyl (C=O) groups is 2. The molecule has 0 fully saturated rings. The number of nitrogens with zero attached hydrogens (tertiary/aromatic N) is 1. The van der Waals surface area contributed by atoms with Crippen molar-refractivity contribution in [3.8, 4) is 10.6 Å². The number of carbonyl (C=O) groups excluding carboxylic acids is 2. The minimum atomic E-state index is -0.421. The lowest BCUT2D eigenvalue weighted by molar-refractivity contribution is 0.0378. The quantitative estimate of drug-likeness (QED) is 0.282. The monoisotopic (exact) mass is 498 g/mol. The number of hydrogen-bond acceptors (Lipinski definition) is 6. The van der Waals surface area contributed by atoms with E-state index in [1.54, 1.807) is 6.07 Å². The Morgan fingerprint density at radius 2 is 1.91 bits per heavy atom. The van der Waals surface area contributed by atoms with Crippen LogP contribution in [0.2, 0.25) is 4.34 Å². The number of thiophene rings is 2. The molecule has 0 aliphatic rings. The lowest BCUT2D eigenvalue weighted by atomic mass is 10.1. The van der Waals surface area contributed by atoms with E-state index >= 15 is 0 Å². The summed E-state index contributed by atoms with van der Waals surface area (Å²) < 4.78 is 6.12. The van der Waals surface area contributed by atoms with Crippen molar-refractivity contribution in [2.24, 2.45) is 0 Å². The molecule has 33 heavy (non-hydrogen) atoms. The highest BCUT2D eigenvalue weighted by atomic mass is 35.5. The van der Waals surface area contributed by atoms with Gasteiger partial charge in [0.1, 0.15) is 5.00 Å². The van der Waals surface area contributed by atoms with Gasteiger partial charge in [-0.15, -0.1) is 22.7 Å². The van der Waals surface area contributed by atoms with E-state index in [1.165, 1.54) is 22.7 Å². The molecule has 0 atom stereocenters. The third-order valence-electron chi connectivity index (χ3n) is 5.12. The topological polar surface area (TPSA) is 68.3 Å². The van der Waals surface area contributed by atoms with Crippen molar-refractivity contribution >= 4 is 62.1 Å². The van der Waals surface area contributed by atoms with Crippen LogP contribution in [0.15, 0.2) is 42.5 Å². The van der Waals surface area contributed by atoms with Gasteiger partial charge in [0.15, 0.2) is 0 Å². The van der Waals surface area contributed by atoms with Crippen molar-refractivity contribution in [3.63, 3.8) is 0 Å². The Morgan fingerprint density at radius 3 is 2.58 bits per heavy atom. The predicted molar refractivity (Wildman–Crippen MR) is 137 cm³/mol. The third-order valence-corrected chi connectivity index (χ3v) is 7.44. The zero-order chi connectivity index (χ0) is 23.7. The summed E-state index contributed by atoms with van der Waals surface area (Å²) >= 11 is 8.92. The standard InChI is InChI=1S/C25H23ClN2O3S2/c1-5-15-14(4)32-24(22(15)25(30)31-13(2)3)28-23(29)17-12-19(20-10-11-21(26)33-20)27-18-9-7-6-8-16(17)18/h6-13H,5H2,1-4H3,(H,28,29). The third kappa shape index (κ3) is 4.81. The zero-order valence-electron chi connectivity index (χ0n) is 18.7. The van der Waals surface area contributed by atoms with Crippen LogP contribution >= 0.6 is 34.3 Å². The molecule has 1 amide bonds. The van der Waals surface area contributed by atoms with Gasteiger partial charge in [-0.2, -0.15) is 0 Å². The first kappa shape index (κ1) is 23.4. The van der Waals surface area contributed by atoms with Gasteiger partial charge in [-0.1, -0.05) is 36.7 Å². The Morgan fingerprint density at radius 1 is 1.15 bits per heavy atom. The number of nitrogens with one attached hydrogen (secondary N) is 1. The molecule has 0 unspecified atom stereocenters. The van der Waals surface area contributed by atoms with Gasteiger partial charge in [0.25, 0.3) is 5.91 Å². The van der Waals surface area contributed by atoms with E-state index in [-0.39, 0.29) is 12.0 Å². The SMILES string of the molecule is CCc1c(C)sc(NC(=O)c2cc(-c3ccc(Cl)s3)nc3ccccc23)c1C(=O)OC(C)C. The Balaban J connectivity index is 1.78. The van der Waals surface area contributed by atoms with Crippen LogP contribution in [0.25, 0.3) is 21.5 Å². The van der Waals surface area contributed by atoms with Crippen LogP contribution in [0, 0.1) is 6.92 Å². The number of benzene rings is 1. The molecular weight excluding hydrogens is 476 g/mol. The van der Waals surface area contributed by atoms with Crippen LogP contribution < -0.4 is 5.32 Å². The number of ether oxygens (including phenoxy) is 1. The van der Waals surface area contributed by atoms with Crippen LogP contribution in [-0.2, 0) is 11.2 Å². The molecule has 1 aromatic carbocycles. The fourth-order valence-corrected chi connectivity index (χ4v) is 5.83. The maximum Gasteiger partial charge on any atom is 0.341 e. The minimum Gasteiger partial charge on any atom is -0.459 e. The highest BCUT2D eigenvalue weighted by Gasteiger charge is 2.25. The van der Waals surface area contributed by atoms with E-state index in [4.69, 9.17) is 21.3 Å². The van der Waals surface area contributed by atoms with Crippen molar-refractivity contribution in [1.82, 2.24) is 4.98 Å². The van der Waals surface area contributed by atoms with E-state index < -0.39 is 5.97 Å². The number of aromatic nitrogens is 1. The van der Waals surface area contributed by atoms with Gasteiger partial charge in [0, 0.05) is 10.3 Å². The Bertz CT molecular complexity index is 1360. The van der Waals surface area contributed by atoms with Crippen LogP contribution in [0.4, 0.5) is 5.00 Å². The highest BCUT2D eigenvalue weighted by molar-refractivity contribution is 7.19. The average molecular weight is 499 g/mol. The van der Waals surface area contributed by atoms with Gasteiger partial charge in [-0.05, 0) is 57.0 Å². The van der Waals surface area contributed by atoms with Crippen LogP contribution in [-0.4, -0.2) is 23.0 Å². The summed E-state index contributed by atoms with van der Waals surface area (Å²) in [5.74, 6) is -0.727. The number of anilines is 1. The number of amides is 1. The molecule has 0 radical (unpaired) electrons. The molecule has 4 aromatic rings. The second kappa shape index (κ2) is 9.63. The lowest BCUT2D eigenvalue weighted by Gasteiger charge is -2.12. The number of esters is 1. The summed E-state index contributed by atoms with van der Waals surface area (Å²) in [6, 6.07) is 13.0. The summed E-state index contributed by atoms with van der Waals surface area (Å²) in [7, 11) is 0. The Kier molecular flexibility index (Phi) is 6.83. The van der Waals surface area contributed by atoms with Crippen molar-refractivity contribution in [2.45, 2.75) is 40.2 Å². The van der Waals surface area contributed by atoms with Crippen molar-refractivity contribution in [1.29, 1.82) is 0 Å². The molecule has 0 saturated heterocycles. The van der Waals surface area contributed by atoms with Gasteiger partial charge in [-0.25, -0.2) is 9.78 Å². The van der Waals surface area contributed by atoms with Crippen LogP contribution in [0.1, 0.15) is 51.9 Å². The van der Waals surface area contributed by atoms with E-state index in [0.717, 1.165) is 20.7 Å². The van der Waals surface area contributed by atoms with Gasteiger partial charge in [-0.3, -0.25) is 4.79 Å². The molecule has 3 aromatic heterocycles. The number of hydrogen-bond donors (Lipinski definition) is 1. The first-order chi connectivity index (χ1) is 15.8. The smallest absolute Gasteiger partial charge is 0.341 e. The van der Waals surface area contributed by atoms with Gasteiger partial charge < -0.3 is 10.1 Å². The van der Waals surface area contributed by atoms with E-state index in [9.17, 15) is 9.59 Å². The molecule has 4 rings (SSSR count). The van der Waals surface area contributed by atoms with Crippen molar-refractivity contribution < 1.29 is 14.3 Å². The molecule has 1 N–H and O–H groups in total. The lowest BCUT2D eigenvalue weighted by Crippen LogP contribution is -2.17. The second-order valence-electron chi connectivity index (χ2n) is 7.78. The summed E-state index contributed by atoms with van der Waals surface area (Å²) in [6.45, 7) is 7.55. The van der Waals surface area contributed by atoms with Crippen molar-refractivity contribution in [3.05, 3.63) is 68.4 Å². The first-order valence-electron chi connectivity index (χ1n) is 10.6. The number of aryl methyl sites for hydroxylation is 1. The van der Waals surface area contributed by atoms with Gasteiger partial charge in [0.2, 0.25) is 0 Å². The summed E-state index contributed by atoms with van der Waals surface area (Å²) in [5, 5.41) is 4.22. The van der Waals surface area contributed by atoms with E-state index in [2.05, 4.69) is 5.32 Å². The second-order valence-corrected chi connectivity index (χ2v) is 10.7. The molecule has 170 valence electrons. The van der Waals surface area contributed by atoms with Crippen molar-refractivity contribution in [2.75, 3.05) is 5.32 Å². The van der Waals surface area contributed by atoms with E-state index in [0.29, 0.717) is 38.1 Å². The Hall–Kier alpha value is -2.74. The molecule has 0 aliphatic carbocycles. The van der Waals surface area contributed by atoms with Gasteiger partial charge in [0.05, 0.1) is 37.7 Å². The average Bonchev–Trinajstić information content (AvgIpc) is 3.34. The first-order valence-corrected chi connectivity index (χ1v) is 12.6. The number of para-hydroxylation sites is 1. The Labute approximate surface area is 205 Å². The van der Waals surface area contributed by atoms with Crippen LogP contribution in [0.3, 0.4) is 0 Å². The normalized spacial score (nSPS) is 11.2. The summed E-state index contributed by atoms with van der Waals surface area (Å²) in [4.78, 5) is 32.9. The van der Waals surface area contributed by atoms with E-state index in [1.807, 2.05) is 64.1 Å². The molecule has 5 nitrogen and oxygen atoms in total.